The molecule has 20 heavy (non-hydrogen) atoms. The summed E-state index contributed by atoms with van der Waals surface area (Å²) in [7, 11) is 0. The Morgan fingerprint density at radius 1 is 1.25 bits per heavy atom. The van der Waals surface area contributed by atoms with E-state index < -0.39 is 5.97 Å². The maximum Gasteiger partial charge on any atom is 0.335 e. The Balaban J connectivity index is 2.08. The van der Waals surface area contributed by atoms with Crippen molar-refractivity contribution in [3.8, 4) is 0 Å². The van der Waals surface area contributed by atoms with Gasteiger partial charge < -0.3 is 10.0 Å². The molecule has 0 saturated carbocycles. The fourth-order valence-corrected chi connectivity index (χ4v) is 2.96. The standard InChI is InChI=1S/C15H11BrFNO2/c16-11-5-10(15(19)20)6-13(7-11)18-4-3-9-1-2-12(17)8-14(9)18/h1-2,5-8H,3-4H2,(H,19,20). The molecule has 2 aromatic rings. The van der Waals surface area contributed by atoms with Crippen LogP contribution in [0.5, 0.6) is 0 Å². The molecule has 0 aliphatic carbocycles. The van der Waals surface area contributed by atoms with E-state index in [4.69, 9.17) is 5.11 Å². The van der Waals surface area contributed by atoms with Crippen LogP contribution in [-0.2, 0) is 6.42 Å². The average molecular weight is 336 g/mol. The lowest BCUT2D eigenvalue weighted by atomic mass is 10.1. The van der Waals surface area contributed by atoms with E-state index in [1.54, 1.807) is 18.2 Å². The van der Waals surface area contributed by atoms with Gasteiger partial charge in [-0.05, 0) is 42.3 Å². The number of carboxylic acid groups (broad SMARTS) is 1. The Labute approximate surface area is 123 Å². The van der Waals surface area contributed by atoms with E-state index >= 15 is 0 Å². The Morgan fingerprint density at radius 3 is 2.80 bits per heavy atom. The van der Waals surface area contributed by atoms with E-state index in [-0.39, 0.29) is 11.4 Å². The van der Waals surface area contributed by atoms with Crippen molar-refractivity contribution in [1.82, 2.24) is 0 Å². The molecule has 0 unspecified atom stereocenters. The first-order valence-corrected chi connectivity index (χ1v) is 6.94. The van der Waals surface area contributed by atoms with Gasteiger partial charge in [0.15, 0.2) is 0 Å². The highest BCUT2D eigenvalue weighted by Gasteiger charge is 2.22. The summed E-state index contributed by atoms with van der Waals surface area (Å²) in [5.41, 5.74) is 2.84. The number of nitrogens with zero attached hydrogens (tertiary/aromatic N) is 1. The van der Waals surface area contributed by atoms with Gasteiger partial charge in [0.2, 0.25) is 0 Å². The van der Waals surface area contributed by atoms with E-state index in [2.05, 4.69) is 15.9 Å². The van der Waals surface area contributed by atoms with Crippen LogP contribution in [0.3, 0.4) is 0 Å². The topological polar surface area (TPSA) is 40.5 Å². The summed E-state index contributed by atoms with van der Waals surface area (Å²) in [6.45, 7) is 0.717. The average Bonchev–Trinajstić information content (AvgIpc) is 2.80. The molecule has 0 bridgehead atoms. The number of aromatic carboxylic acids is 1. The third-order valence-electron chi connectivity index (χ3n) is 3.38. The van der Waals surface area contributed by atoms with Crippen molar-refractivity contribution >= 4 is 33.3 Å². The van der Waals surface area contributed by atoms with Gasteiger partial charge in [-0.25, -0.2) is 9.18 Å². The summed E-state index contributed by atoms with van der Waals surface area (Å²) in [4.78, 5) is 13.1. The van der Waals surface area contributed by atoms with Crippen molar-refractivity contribution < 1.29 is 14.3 Å². The molecule has 1 N–H and O–H groups in total. The molecule has 3 nitrogen and oxygen atoms in total. The van der Waals surface area contributed by atoms with Crippen LogP contribution in [0.4, 0.5) is 15.8 Å². The zero-order valence-corrected chi connectivity index (χ0v) is 12.0. The van der Waals surface area contributed by atoms with Gasteiger partial charge in [0.05, 0.1) is 5.56 Å². The predicted molar refractivity (Wildman–Crippen MR) is 78.2 cm³/mol. The van der Waals surface area contributed by atoms with Crippen LogP contribution >= 0.6 is 15.9 Å². The summed E-state index contributed by atoms with van der Waals surface area (Å²) < 4.78 is 14.1. The van der Waals surface area contributed by atoms with Crippen molar-refractivity contribution in [3.05, 3.63) is 57.8 Å². The molecule has 3 rings (SSSR count). The first-order chi connectivity index (χ1) is 9.54. The van der Waals surface area contributed by atoms with Gasteiger partial charge in [0, 0.05) is 22.4 Å². The molecule has 0 radical (unpaired) electrons. The van der Waals surface area contributed by atoms with E-state index in [1.807, 2.05) is 11.0 Å². The molecule has 0 atom stereocenters. The fraction of sp³-hybridized carbons (Fsp3) is 0.133. The Bertz CT molecular complexity index is 702. The maximum absolute atomic E-state index is 13.4. The predicted octanol–water partition coefficient (Wildman–Crippen LogP) is 3.98. The highest BCUT2D eigenvalue weighted by atomic mass is 79.9. The van der Waals surface area contributed by atoms with Crippen LogP contribution in [0.1, 0.15) is 15.9 Å². The SMILES string of the molecule is O=C(O)c1cc(Br)cc(N2CCc3ccc(F)cc32)c1. The van der Waals surface area contributed by atoms with Gasteiger partial charge in [0.25, 0.3) is 0 Å². The van der Waals surface area contributed by atoms with Crippen LogP contribution in [0.15, 0.2) is 40.9 Å². The Morgan fingerprint density at radius 2 is 2.05 bits per heavy atom. The van der Waals surface area contributed by atoms with E-state index in [0.29, 0.717) is 11.0 Å². The minimum Gasteiger partial charge on any atom is -0.478 e. The van der Waals surface area contributed by atoms with Crippen molar-refractivity contribution in [2.45, 2.75) is 6.42 Å². The van der Waals surface area contributed by atoms with Crippen LogP contribution in [0.25, 0.3) is 0 Å². The molecule has 1 heterocycles. The summed E-state index contributed by atoms with van der Waals surface area (Å²) >= 11 is 3.32. The van der Waals surface area contributed by atoms with Gasteiger partial charge in [0.1, 0.15) is 5.82 Å². The lowest BCUT2D eigenvalue weighted by molar-refractivity contribution is 0.0697. The zero-order chi connectivity index (χ0) is 14.3. The quantitative estimate of drug-likeness (QED) is 0.902. The number of halogens is 2. The minimum absolute atomic E-state index is 0.208. The molecule has 0 spiro atoms. The van der Waals surface area contributed by atoms with Gasteiger partial charge in [-0.1, -0.05) is 22.0 Å². The molecular formula is C15H11BrFNO2. The van der Waals surface area contributed by atoms with Crippen molar-refractivity contribution in [2.24, 2.45) is 0 Å². The first kappa shape index (κ1) is 13.1. The number of anilines is 2. The second kappa shape index (κ2) is 4.90. The molecule has 1 aliphatic heterocycles. The van der Waals surface area contributed by atoms with Crippen molar-refractivity contribution in [3.63, 3.8) is 0 Å². The Kier molecular flexibility index (Phi) is 3.22. The van der Waals surface area contributed by atoms with E-state index in [9.17, 15) is 9.18 Å². The second-order valence-corrected chi connectivity index (χ2v) is 5.59. The third-order valence-corrected chi connectivity index (χ3v) is 3.84. The highest BCUT2D eigenvalue weighted by molar-refractivity contribution is 9.10. The minimum atomic E-state index is -0.980. The zero-order valence-electron chi connectivity index (χ0n) is 10.4. The maximum atomic E-state index is 13.4. The first-order valence-electron chi connectivity index (χ1n) is 6.14. The van der Waals surface area contributed by atoms with E-state index in [1.165, 1.54) is 12.1 Å². The summed E-state index contributed by atoms with van der Waals surface area (Å²) in [5.74, 6) is -1.27. The van der Waals surface area contributed by atoms with E-state index in [0.717, 1.165) is 23.4 Å². The normalized spacial score (nSPS) is 13.4. The van der Waals surface area contributed by atoms with Crippen LogP contribution in [0.2, 0.25) is 0 Å². The van der Waals surface area contributed by atoms with Crippen molar-refractivity contribution in [2.75, 3.05) is 11.4 Å². The van der Waals surface area contributed by atoms with Crippen molar-refractivity contribution in [1.29, 1.82) is 0 Å². The van der Waals surface area contributed by atoms with Gasteiger partial charge in [-0.2, -0.15) is 0 Å². The Hall–Kier alpha value is -1.88. The summed E-state index contributed by atoms with van der Waals surface area (Å²) in [6.07, 6.45) is 0.824. The summed E-state index contributed by atoms with van der Waals surface area (Å²) in [6, 6.07) is 9.71. The number of hydrogen-bond donors (Lipinski definition) is 1. The molecule has 102 valence electrons. The largest absolute Gasteiger partial charge is 0.478 e. The molecule has 2 aromatic carbocycles. The third kappa shape index (κ3) is 2.29. The molecular weight excluding hydrogens is 325 g/mol. The number of carboxylic acids is 1. The van der Waals surface area contributed by atoms with Crippen LogP contribution in [0, 0.1) is 5.82 Å². The number of hydrogen-bond acceptors (Lipinski definition) is 2. The smallest absolute Gasteiger partial charge is 0.335 e. The second-order valence-electron chi connectivity index (χ2n) is 4.68. The number of carbonyl (C=O) groups is 1. The molecule has 5 heteroatoms. The lowest BCUT2D eigenvalue weighted by Gasteiger charge is -2.20. The fourth-order valence-electron chi connectivity index (χ4n) is 2.47. The highest BCUT2D eigenvalue weighted by Crippen LogP contribution is 2.36. The lowest BCUT2D eigenvalue weighted by Crippen LogP contribution is -2.14. The molecule has 1 aliphatic rings. The molecule has 0 amide bonds. The molecule has 0 aromatic heterocycles. The van der Waals surface area contributed by atoms with Gasteiger partial charge >= 0.3 is 5.97 Å². The molecule has 0 fully saturated rings. The van der Waals surface area contributed by atoms with Gasteiger partial charge in [-0.15, -0.1) is 0 Å². The van der Waals surface area contributed by atoms with Gasteiger partial charge in [-0.3, -0.25) is 0 Å². The number of fused-ring (bicyclic) bond motifs is 1. The number of benzene rings is 2. The molecule has 0 saturated heterocycles. The van der Waals surface area contributed by atoms with Crippen LogP contribution in [-0.4, -0.2) is 17.6 Å². The van der Waals surface area contributed by atoms with Crippen LogP contribution < -0.4 is 4.90 Å². The number of rotatable bonds is 2. The monoisotopic (exact) mass is 335 g/mol. The summed E-state index contributed by atoms with van der Waals surface area (Å²) in [5, 5.41) is 9.12.